The first kappa shape index (κ1) is 15.6. The van der Waals surface area contributed by atoms with Crippen LogP contribution < -0.4 is 10.3 Å². The van der Waals surface area contributed by atoms with E-state index in [4.69, 9.17) is 4.74 Å². The number of nitrogens with one attached hydrogen (secondary N) is 1. The van der Waals surface area contributed by atoms with Gasteiger partial charge in [-0.15, -0.1) is 0 Å². The molecule has 120 valence electrons. The number of hydrazone groups is 1. The molecule has 1 fully saturated rings. The molecule has 1 aliphatic heterocycles. The molecular weight excluding hydrogens is 286 g/mol. The smallest absolute Gasteiger partial charge is 0.0648 e. The second kappa shape index (κ2) is 7.29. The van der Waals surface area contributed by atoms with Crippen LogP contribution in [0, 0.1) is 6.92 Å². The van der Waals surface area contributed by atoms with Gasteiger partial charge in [0.1, 0.15) is 0 Å². The molecule has 3 rings (SSSR count). The van der Waals surface area contributed by atoms with E-state index in [1.807, 2.05) is 19.1 Å². The molecule has 1 N–H and O–H groups in total. The summed E-state index contributed by atoms with van der Waals surface area (Å²) in [6.45, 7) is 7.63. The lowest BCUT2D eigenvalue weighted by atomic mass is 10.1. The fourth-order valence-corrected chi connectivity index (χ4v) is 2.58. The highest BCUT2D eigenvalue weighted by atomic mass is 16.5. The number of aryl methyl sites for hydroxylation is 1. The molecule has 4 nitrogen and oxygen atoms in total. The summed E-state index contributed by atoms with van der Waals surface area (Å²) >= 11 is 0. The van der Waals surface area contributed by atoms with Gasteiger partial charge in [0.05, 0.1) is 24.6 Å². The molecule has 0 atom stereocenters. The van der Waals surface area contributed by atoms with Gasteiger partial charge in [-0.25, -0.2) is 0 Å². The topological polar surface area (TPSA) is 36.9 Å². The van der Waals surface area contributed by atoms with Gasteiger partial charge in [-0.3, -0.25) is 5.43 Å². The van der Waals surface area contributed by atoms with Crippen LogP contribution in [0.1, 0.15) is 18.1 Å². The number of hydrogen-bond donors (Lipinski definition) is 1. The molecule has 0 bridgehead atoms. The second-order valence-electron chi connectivity index (χ2n) is 5.82. The molecule has 0 unspecified atom stereocenters. The van der Waals surface area contributed by atoms with Crippen LogP contribution in [0.2, 0.25) is 0 Å². The van der Waals surface area contributed by atoms with Gasteiger partial charge in [-0.1, -0.05) is 29.8 Å². The van der Waals surface area contributed by atoms with Crippen LogP contribution in [-0.4, -0.2) is 32.0 Å². The van der Waals surface area contributed by atoms with Gasteiger partial charge < -0.3 is 9.64 Å². The molecule has 4 heteroatoms. The molecule has 0 aliphatic carbocycles. The standard InChI is InChI=1S/C19H23N3O/c1-15-3-7-18(8-4-15)21-20-16(2)17-5-9-19(10-6-17)22-11-13-23-14-12-22/h3-10,21H,11-14H2,1-2H3/b20-16-. The normalized spacial score (nSPS) is 15.6. The molecular formula is C19H23N3O. The number of benzene rings is 2. The Bertz CT molecular complexity index is 656. The average Bonchev–Trinajstić information content (AvgIpc) is 2.62. The van der Waals surface area contributed by atoms with E-state index in [2.05, 4.69) is 58.7 Å². The third kappa shape index (κ3) is 4.11. The average molecular weight is 309 g/mol. The molecule has 2 aromatic rings. The number of anilines is 2. The summed E-state index contributed by atoms with van der Waals surface area (Å²) in [5, 5.41) is 4.47. The summed E-state index contributed by atoms with van der Waals surface area (Å²) in [6, 6.07) is 16.8. The summed E-state index contributed by atoms with van der Waals surface area (Å²) in [4.78, 5) is 2.35. The van der Waals surface area contributed by atoms with Crippen LogP contribution >= 0.6 is 0 Å². The lowest BCUT2D eigenvalue weighted by Gasteiger charge is -2.28. The van der Waals surface area contributed by atoms with E-state index in [-0.39, 0.29) is 0 Å². The maximum atomic E-state index is 5.40. The van der Waals surface area contributed by atoms with Crippen molar-refractivity contribution < 1.29 is 4.74 Å². The molecule has 0 saturated carbocycles. The van der Waals surface area contributed by atoms with Crippen molar-refractivity contribution in [1.29, 1.82) is 0 Å². The van der Waals surface area contributed by atoms with Crippen molar-refractivity contribution in [2.24, 2.45) is 5.10 Å². The van der Waals surface area contributed by atoms with E-state index < -0.39 is 0 Å². The summed E-state index contributed by atoms with van der Waals surface area (Å²) in [5.41, 5.74) is 8.70. The zero-order chi connectivity index (χ0) is 16.1. The molecule has 1 aliphatic rings. The lowest BCUT2D eigenvalue weighted by Crippen LogP contribution is -2.36. The summed E-state index contributed by atoms with van der Waals surface area (Å²) in [6.07, 6.45) is 0. The first-order valence-electron chi connectivity index (χ1n) is 8.02. The highest BCUT2D eigenvalue weighted by molar-refractivity contribution is 5.99. The Hall–Kier alpha value is -2.33. The van der Waals surface area contributed by atoms with Gasteiger partial charge in [0.25, 0.3) is 0 Å². The first-order chi connectivity index (χ1) is 11.2. The lowest BCUT2D eigenvalue weighted by molar-refractivity contribution is 0.122. The quantitative estimate of drug-likeness (QED) is 0.691. The van der Waals surface area contributed by atoms with Crippen LogP contribution in [0.5, 0.6) is 0 Å². The largest absolute Gasteiger partial charge is 0.378 e. The summed E-state index contributed by atoms with van der Waals surface area (Å²) < 4.78 is 5.40. The predicted molar refractivity (Wildman–Crippen MR) is 96.5 cm³/mol. The number of nitrogens with zero attached hydrogens (tertiary/aromatic N) is 2. The predicted octanol–water partition coefficient (Wildman–Crippen LogP) is 3.67. The zero-order valence-electron chi connectivity index (χ0n) is 13.7. The van der Waals surface area contributed by atoms with Crippen LogP contribution in [-0.2, 0) is 4.74 Å². The second-order valence-corrected chi connectivity index (χ2v) is 5.82. The first-order valence-corrected chi connectivity index (χ1v) is 8.02. The fraction of sp³-hybridized carbons (Fsp3) is 0.316. The van der Waals surface area contributed by atoms with Crippen LogP contribution in [0.3, 0.4) is 0 Å². The van der Waals surface area contributed by atoms with Crippen molar-refractivity contribution in [2.75, 3.05) is 36.6 Å². The molecule has 23 heavy (non-hydrogen) atoms. The van der Waals surface area contributed by atoms with Crippen LogP contribution in [0.4, 0.5) is 11.4 Å². The van der Waals surface area contributed by atoms with Crippen molar-refractivity contribution in [2.45, 2.75) is 13.8 Å². The minimum absolute atomic E-state index is 0.808. The molecule has 2 aromatic carbocycles. The third-order valence-electron chi connectivity index (χ3n) is 4.07. The Morgan fingerprint density at radius 2 is 1.65 bits per heavy atom. The Morgan fingerprint density at radius 3 is 2.30 bits per heavy atom. The van der Waals surface area contributed by atoms with Gasteiger partial charge >= 0.3 is 0 Å². The van der Waals surface area contributed by atoms with Gasteiger partial charge in [0.15, 0.2) is 0 Å². The van der Waals surface area contributed by atoms with Gasteiger partial charge in [-0.2, -0.15) is 5.10 Å². The zero-order valence-corrected chi connectivity index (χ0v) is 13.7. The van der Waals surface area contributed by atoms with E-state index in [1.165, 1.54) is 11.3 Å². The van der Waals surface area contributed by atoms with E-state index in [1.54, 1.807) is 0 Å². The highest BCUT2D eigenvalue weighted by Crippen LogP contribution is 2.17. The van der Waals surface area contributed by atoms with Crippen LogP contribution in [0.25, 0.3) is 0 Å². The highest BCUT2D eigenvalue weighted by Gasteiger charge is 2.10. The molecule has 1 heterocycles. The molecule has 0 aromatic heterocycles. The van der Waals surface area contributed by atoms with Crippen molar-refractivity contribution in [3.63, 3.8) is 0 Å². The van der Waals surface area contributed by atoms with Gasteiger partial charge in [0, 0.05) is 18.8 Å². The number of hydrogen-bond acceptors (Lipinski definition) is 4. The number of ether oxygens (including phenoxy) is 1. The van der Waals surface area contributed by atoms with E-state index in [0.717, 1.165) is 43.3 Å². The molecule has 0 amide bonds. The molecule has 0 radical (unpaired) electrons. The Kier molecular flexibility index (Phi) is 4.93. The van der Waals surface area contributed by atoms with E-state index in [9.17, 15) is 0 Å². The Labute approximate surface area is 137 Å². The number of morpholine rings is 1. The minimum Gasteiger partial charge on any atom is -0.378 e. The molecule has 0 spiro atoms. The molecule has 1 saturated heterocycles. The van der Waals surface area contributed by atoms with E-state index >= 15 is 0 Å². The van der Waals surface area contributed by atoms with E-state index in [0.29, 0.717) is 0 Å². The van der Waals surface area contributed by atoms with Gasteiger partial charge in [-0.05, 0) is 43.7 Å². The van der Waals surface area contributed by atoms with Crippen molar-refractivity contribution in [3.05, 3.63) is 59.7 Å². The van der Waals surface area contributed by atoms with Gasteiger partial charge in [0.2, 0.25) is 0 Å². The monoisotopic (exact) mass is 309 g/mol. The van der Waals surface area contributed by atoms with Crippen molar-refractivity contribution in [1.82, 2.24) is 0 Å². The summed E-state index contributed by atoms with van der Waals surface area (Å²) in [5.74, 6) is 0. The van der Waals surface area contributed by atoms with Crippen LogP contribution in [0.15, 0.2) is 53.6 Å². The maximum absolute atomic E-state index is 5.40. The third-order valence-corrected chi connectivity index (χ3v) is 4.07. The maximum Gasteiger partial charge on any atom is 0.0648 e. The Morgan fingerprint density at radius 1 is 1.00 bits per heavy atom. The SMILES string of the molecule is C/C(=N/Nc1ccc(C)cc1)c1ccc(N2CCOCC2)cc1. The van der Waals surface area contributed by atoms with Crippen molar-refractivity contribution >= 4 is 17.1 Å². The Balaban J connectivity index is 1.65. The number of rotatable bonds is 4. The fourth-order valence-electron chi connectivity index (χ4n) is 2.58. The van der Waals surface area contributed by atoms with Crippen molar-refractivity contribution in [3.8, 4) is 0 Å². The minimum atomic E-state index is 0.808. The summed E-state index contributed by atoms with van der Waals surface area (Å²) in [7, 11) is 0.